The van der Waals surface area contributed by atoms with Gasteiger partial charge >= 0.3 is 0 Å². The third-order valence-corrected chi connectivity index (χ3v) is 3.32. The van der Waals surface area contributed by atoms with Gasteiger partial charge in [0, 0.05) is 13.6 Å². The molecule has 0 atom stereocenters. The van der Waals surface area contributed by atoms with Gasteiger partial charge in [-0.05, 0) is 24.1 Å². The van der Waals surface area contributed by atoms with Gasteiger partial charge in [0.05, 0.1) is 6.20 Å². The van der Waals surface area contributed by atoms with Crippen molar-refractivity contribution in [3.63, 3.8) is 0 Å². The van der Waals surface area contributed by atoms with Crippen LogP contribution in [0.3, 0.4) is 0 Å². The molecule has 0 saturated carbocycles. The molecule has 1 aromatic carbocycles. The Hall–Kier alpha value is -2.70. The molecule has 0 fully saturated rings. The standard InChI is InChI=1S/C14H14FN5O/c1-8-3-4-9(5-11(8)15)7-20(2)14-17-12-10(6-16-19-12)13(21)18-14/h3-6H,7H2,1-2H3,(H2,16,17,18,19,21). The van der Waals surface area contributed by atoms with Crippen molar-refractivity contribution in [2.75, 3.05) is 11.9 Å². The Bertz CT molecular complexity index is 854. The van der Waals surface area contributed by atoms with Crippen LogP contribution in [0.4, 0.5) is 10.3 Å². The van der Waals surface area contributed by atoms with Gasteiger partial charge in [0.15, 0.2) is 5.65 Å². The number of hydrogen-bond acceptors (Lipinski definition) is 4. The fourth-order valence-electron chi connectivity index (χ4n) is 2.10. The van der Waals surface area contributed by atoms with Gasteiger partial charge in [-0.1, -0.05) is 12.1 Å². The van der Waals surface area contributed by atoms with Crippen molar-refractivity contribution in [1.82, 2.24) is 20.2 Å². The lowest BCUT2D eigenvalue weighted by Gasteiger charge is -2.17. The molecule has 0 amide bonds. The molecule has 0 aliphatic heterocycles. The van der Waals surface area contributed by atoms with E-state index in [1.807, 2.05) is 6.07 Å². The van der Waals surface area contributed by atoms with Crippen molar-refractivity contribution in [2.24, 2.45) is 0 Å². The maximum Gasteiger partial charge on any atom is 0.263 e. The second-order valence-corrected chi connectivity index (χ2v) is 4.96. The molecule has 0 spiro atoms. The van der Waals surface area contributed by atoms with Gasteiger partial charge in [-0.2, -0.15) is 10.1 Å². The molecule has 7 heteroatoms. The fraction of sp³-hybridized carbons (Fsp3) is 0.214. The number of hydrogen-bond donors (Lipinski definition) is 2. The van der Waals surface area contributed by atoms with Crippen LogP contribution in [0.1, 0.15) is 11.1 Å². The van der Waals surface area contributed by atoms with E-state index in [2.05, 4.69) is 20.2 Å². The van der Waals surface area contributed by atoms with Crippen LogP contribution in [0.2, 0.25) is 0 Å². The molecule has 0 aliphatic carbocycles. The SMILES string of the molecule is Cc1ccc(CN(C)c2nc3[nH]ncc3c(=O)[nH]2)cc1F. The van der Waals surface area contributed by atoms with Gasteiger partial charge in [-0.15, -0.1) is 0 Å². The molecule has 108 valence electrons. The van der Waals surface area contributed by atoms with Gasteiger partial charge in [0.2, 0.25) is 5.95 Å². The Kier molecular flexibility index (Phi) is 3.17. The topological polar surface area (TPSA) is 77.7 Å². The molecule has 2 N–H and O–H groups in total. The zero-order valence-electron chi connectivity index (χ0n) is 11.6. The van der Waals surface area contributed by atoms with Crippen LogP contribution in [-0.4, -0.2) is 27.2 Å². The van der Waals surface area contributed by atoms with Gasteiger partial charge in [0.1, 0.15) is 11.2 Å². The number of benzene rings is 1. The number of nitrogens with one attached hydrogen (secondary N) is 2. The van der Waals surface area contributed by atoms with Crippen molar-refractivity contribution in [1.29, 1.82) is 0 Å². The normalized spacial score (nSPS) is 11.0. The molecular weight excluding hydrogens is 273 g/mol. The Balaban J connectivity index is 1.91. The molecule has 0 bridgehead atoms. The predicted octanol–water partition coefficient (Wildman–Crippen LogP) is 1.73. The van der Waals surface area contributed by atoms with E-state index in [1.54, 1.807) is 24.9 Å². The average molecular weight is 287 g/mol. The molecular formula is C14H14FN5O. The van der Waals surface area contributed by atoms with Gasteiger partial charge in [0.25, 0.3) is 5.56 Å². The minimum absolute atomic E-state index is 0.244. The van der Waals surface area contributed by atoms with Crippen molar-refractivity contribution in [3.05, 3.63) is 51.7 Å². The van der Waals surface area contributed by atoms with E-state index in [0.29, 0.717) is 29.1 Å². The highest BCUT2D eigenvalue weighted by Crippen LogP contribution is 2.14. The summed E-state index contributed by atoms with van der Waals surface area (Å²) in [4.78, 5) is 20.6. The first-order valence-electron chi connectivity index (χ1n) is 6.44. The van der Waals surface area contributed by atoms with Crippen LogP contribution in [0.25, 0.3) is 11.0 Å². The minimum atomic E-state index is -0.259. The smallest absolute Gasteiger partial charge is 0.263 e. The summed E-state index contributed by atoms with van der Waals surface area (Å²) in [5.41, 5.74) is 1.57. The third-order valence-electron chi connectivity index (χ3n) is 3.32. The highest BCUT2D eigenvalue weighted by atomic mass is 19.1. The molecule has 21 heavy (non-hydrogen) atoms. The first-order valence-corrected chi connectivity index (χ1v) is 6.44. The number of halogens is 1. The van der Waals surface area contributed by atoms with E-state index < -0.39 is 0 Å². The Labute approximate surface area is 119 Å². The number of H-pyrrole nitrogens is 2. The average Bonchev–Trinajstić information content (AvgIpc) is 2.92. The van der Waals surface area contributed by atoms with Crippen LogP contribution in [0.5, 0.6) is 0 Å². The third kappa shape index (κ3) is 2.49. The second-order valence-electron chi connectivity index (χ2n) is 4.96. The van der Waals surface area contributed by atoms with Crippen molar-refractivity contribution < 1.29 is 4.39 Å². The Morgan fingerprint density at radius 1 is 1.38 bits per heavy atom. The lowest BCUT2D eigenvalue weighted by Crippen LogP contribution is -2.22. The zero-order chi connectivity index (χ0) is 15.0. The lowest BCUT2D eigenvalue weighted by molar-refractivity contribution is 0.615. The van der Waals surface area contributed by atoms with Gasteiger partial charge in [-0.3, -0.25) is 14.9 Å². The van der Waals surface area contributed by atoms with Crippen LogP contribution >= 0.6 is 0 Å². The van der Waals surface area contributed by atoms with E-state index in [1.165, 1.54) is 12.3 Å². The summed E-state index contributed by atoms with van der Waals surface area (Å²) in [5.74, 6) is 0.157. The Morgan fingerprint density at radius 2 is 2.19 bits per heavy atom. The summed E-state index contributed by atoms with van der Waals surface area (Å²) in [5, 5.41) is 6.87. The second kappa shape index (κ2) is 5.01. The zero-order valence-corrected chi connectivity index (χ0v) is 11.6. The predicted molar refractivity (Wildman–Crippen MR) is 77.8 cm³/mol. The number of rotatable bonds is 3. The first kappa shape index (κ1) is 13.3. The van der Waals surface area contributed by atoms with Crippen LogP contribution in [0.15, 0.2) is 29.2 Å². The highest BCUT2D eigenvalue weighted by molar-refractivity contribution is 5.73. The van der Waals surface area contributed by atoms with Crippen LogP contribution in [0, 0.1) is 12.7 Å². The molecule has 0 aliphatic rings. The van der Waals surface area contributed by atoms with Crippen molar-refractivity contribution in [3.8, 4) is 0 Å². The van der Waals surface area contributed by atoms with E-state index in [9.17, 15) is 9.18 Å². The number of aryl methyl sites for hydroxylation is 1. The molecule has 0 unspecified atom stereocenters. The van der Waals surface area contributed by atoms with Crippen molar-refractivity contribution >= 4 is 17.0 Å². The summed E-state index contributed by atoms with van der Waals surface area (Å²) in [6.07, 6.45) is 1.43. The number of anilines is 1. The number of aromatic amines is 2. The van der Waals surface area contributed by atoms with E-state index in [0.717, 1.165) is 5.56 Å². The molecule has 2 heterocycles. The highest BCUT2D eigenvalue weighted by Gasteiger charge is 2.10. The number of fused-ring (bicyclic) bond motifs is 1. The maximum absolute atomic E-state index is 13.6. The molecule has 6 nitrogen and oxygen atoms in total. The fourth-order valence-corrected chi connectivity index (χ4v) is 2.10. The van der Waals surface area contributed by atoms with E-state index in [-0.39, 0.29) is 11.4 Å². The summed E-state index contributed by atoms with van der Waals surface area (Å²) in [6.45, 7) is 2.15. The van der Waals surface area contributed by atoms with Gasteiger partial charge in [-0.25, -0.2) is 4.39 Å². The lowest BCUT2D eigenvalue weighted by atomic mass is 10.1. The largest absolute Gasteiger partial charge is 0.341 e. The molecule has 0 saturated heterocycles. The molecule has 2 aromatic heterocycles. The van der Waals surface area contributed by atoms with Crippen LogP contribution in [-0.2, 0) is 6.54 Å². The van der Waals surface area contributed by atoms with E-state index >= 15 is 0 Å². The van der Waals surface area contributed by atoms with Crippen molar-refractivity contribution in [2.45, 2.75) is 13.5 Å². The summed E-state index contributed by atoms with van der Waals surface area (Å²) >= 11 is 0. The van der Waals surface area contributed by atoms with Crippen LogP contribution < -0.4 is 10.5 Å². The summed E-state index contributed by atoms with van der Waals surface area (Å²) in [7, 11) is 1.78. The number of aromatic nitrogens is 4. The molecule has 0 radical (unpaired) electrons. The number of nitrogens with zero attached hydrogens (tertiary/aromatic N) is 3. The maximum atomic E-state index is 13.6. The molecule has 3 aromatic rings. The minimum Gasteiger partial charge on any atom is -0.341 e. The monoisotopic (exact) mass is 287 g/mol. The van der Waals surface area contributed by atoms with E-state index in [4.69, 9.17) is 0 Å². The molecule has 3 rings (SSSR count). The summed E-state index contributed by atoms with van der Waals surface area (Å²) in [6, 6.07) is 5.06. The Morgan fingerprint density at radius 3 is 2.95 bits per heavy atom. The quantitative estimate of drug-likeness (QED) is 0.769. The van der Waals surface area contributed by atoms with Gasteiger partial charge < -0.3 is 4.90 Å². The first-order chi connectivity index (χ1) is 10.0. The summed E-state index contributed by atoms with van der Waals surface area (Å²) < 4.78 is 13.6.